The molecule has 0 aliphatic heterocycles. The van der Waals surface area contributed by atoms with Crippen molar-refractivity contribution in [3.05, 3.63) is 40.2 Å². The summed E-state index contributed by atoms with van der Waals surface area (Å²) >= 11 is 0. The van der Waals surface area contributed by atoms with E-state index in [0.29, 0.717) is 11.5 Å². The molecule has 2 N–H and O–H groups in total. The molecule has 2 aromatic heterocycles. The van der Waals surface area contributed by atoms with Crippen LogP contribution in [0.4, 0.5) is 5.69 Å². The molecule has 104 valence electrons. The highest BCUT2D eigenvalue weighted by atomic mass is 16.6. The SMILES string of the molecule is O=C(NCc1ncn[nH]1)c1cc([N+](=O)[O-])cn1C1CC1. The van der Waals surface area contributed by atoms with E-state index in [9.17, 15) is 14.9 Å². The lowest BCUT2D eigenvalue weighted by molar-refractivity contribution is -0.384. The van der Waals surface area contributed by atoms with Crippen molar-refractivity contribution in [3.63, 3.8) is 0 Å². The Hall–Kier alpha value is -2.71. The number of carbonyl (C=O) groups excluding carboxylic acids is 1. The number of rotatable bonds is 5. The summed E-state index contributed by atoms with van der Waals surface area (Å²) in [6.07, 6.45) is 4.64. The highest BCUT2D eigenvalue weighted by Gasteiger charge is 2.30. The third kappa shape index (κ3) is 2.37. The molecule has 0 radical (unpaired) electrons. The van der Waals surface area contributed by atoms with Crippen LogP contribution in [0.5, 0.6) is 0 Å². The molecule has 0 atom stereocenters. The second kappa shape index (κ2) is 4.76. The van der Waals surface area contributed by atoms with Crippen molar-refractivity contribution in [3.8, 4) is 0 Å². The number of nitrogens with one attached hydrogen (secondary N) is 2. The Morgan fingerprint density at radius 3 is 3.00 bits per heavy atom. The van der Waals surface area contributed by atoms with Gasteiger partial charge in [0.2, 0.25) is 0 Å². The number of aromatic amines is 1. The summed E-state index contributed by atoms with van der Waals surface area (Å²) in [5.41, 5.74) is 0.237. The molecule has 0 spiro atoms. The minimum Gasteiger partial charge on any atom is -0.343 e. The van der Waals surface area contributed by atoms with Crippen molar-refractivity contribution in [1.29, 1.82) is 0 Å². The monoisotopic (exact) mass is 276 g/mol. The van der Waals surface area contributed by atoms with E-state index in [4.69, 9.17) is 0 Å². The first-order valence-corrected chi connectivity index (χ1v) is 6.14. The van der Waals surface area contributed by atoms with Gasteiger partial charge in [-0.15, -0.1) is 0 Å². The van der Waals surface area contributed by atoms with Crippen LogP contribution in [-0.4, -0.2) is 30.6 Å². The summed E-state index contributed by atoms with van der Waals surface area (Å²) in [7, 11) is 0. The zero-order valence-electron chi connectivity index (χ0n) is 10.4. The summed E-state index contributed by atoms with van der Waals surface area (Å²) in [5, 5.41) is 19.8. The molecular formula is C11H12N6O3. The number of carbonyl (C=O) groups is 1. The van der Waals surface area contributed by atoms with Crippen molar-refractivity contribution in [2.75, 3.05) is 0 Å². The van der Waals surface area contributed by atoms with Gasteiger partial charge in [-0.2, -0.15) is 5.10 Å². The predicted octanol–water partition coefficient (Wildman–Crippen LogP) is 0.779. The molecule has 0 saturated heterocycles. The topological polar surface area (TPSA) is 119 Å². The van der Waals surface area contributed by atoms with Crippen LogP contribution in [0.2, 0.25) is 0 Å². The number of amides is 1. The third-order valence-corrected chi connectivity index (χ3v) is 3.10. The minimum absolute atomic E-state index is 0.0679. The standard InChI is InChI=1S/C11H12N6O3/c18-11(12-4-10-13-6-14-15-10)9-3-8(17(19)20)5-16(9)7-1-2-7/h3,5-7H,1-2,4H2,(H,12,18)(H,13,14,15). The van der Waals surface area contributed by atoms with Gasteiger partial charge in [0.05, 0.1) is 17.7 Å². The average Bonchev–Trinajstić information content (AvgIpc) is 2.97. The Bertz CT molecular complexity index is 643. The molecule has 1 amide bonds. The van der Waals surface area contributed by atoms with Gasteiger partial charge >= 0.3 is 0 Å². The van der Waals surface area contributed by atoms with Crippen molar-refractivity contribution in [2.24, 2.45) is 0 Å². The minimum atomic E-state index is -0.494. The van der Waals surface area contributed by atoms with E-state index in [-0.39, 0.29) is 24.2 Å². The molecule has 0 aromatic carbocycles. The van der Waals surface area contributed by atoms with Gasteiger partial charge in [0.1, 0.15) is 17.8 Å². The Morgan fingerprint density at radius 1 is 1.60 bits per heavy atom. The number of aromatic nitrogens is 4. The van der Waals surface area contributed by atoms with Crippen LogP contribution in [0.25, 0.3) is 0 Å². The van der Waals surface area contributed by atoms with E-state index in [1.807, 2.05) is 0 Å². The molecule has 1 fully saturated rings. The fraction of sp³-hybridized carbons (Fsp3) is 0.364. The quantitative estimate of drug-likeness (QED) is 0.617. The van der Waals surface area contributed by atoms with Crippen LogP contribution in [0, 0.1) is 10.1 Å². The van der Waals surface area contributed by atoms with E-state index < -0.39 is 4.92 Å². The lowest BCUT2D eigenvalue weighted by atomic mass is 10.3. The molecule has 1 aliphatic rings. The lowest BCUT2D eigenvalue weighted by Crippen LogP contribution is -2.25. The number of hydrogen-bond acceptors (Lipinski definition) is 5. The van der Waals surface area contributed by atoms with Gasteiger partial charge < -0.3 is 9.88 Å². The summed E-state index contributed by atoms with van der Waals surface area (Å²) in [6, 6.07) is 1.49. The number of H-pyrrole nitrogens is 1. The lowest BCUT2D eigenvalue weighted by Gasteiger charge is -2.06. The van der Waals surface area contributed by atoms with Crippen LogP contribution < -0.4 is 5.32 Å². The van der Waals surface area contributed by atoms with Crippen LogP contribution in [0.15, 0.2) is 18.6 Å². The first-order chi connectivity index (χ1) is 9.65. The Balaban J connectivity index is 1.77. The highest BCUT2D eigenvalue weighted by Crippen LogP contribution is 2.37. The zero-order chi connectivity index (χ0) is 14.1. The second-order valence-corrected chi connectivity index (χ2v) is 4.59. The predicted molar refractivity (Wildman–Crippen MR) is 66.9 cm³/mol. The van der Waals surface area contributed by atoms with Crippen LogP contribution in [0.1, 0.15) is 35.2 Å². The largest absolute Gasteiger partial charge is 0.343 e. The van der Waals surface area contributed by atoms with Crippen molar-refractivity contribution in [2.45, 2.75) is 25.4 Å². The molecule has 3 rings (SSSR count). The molecule has 20 heavy (non-hydrogen) atoms. The van der Waals surface area contributed by atoms with E-state index >= 15 is 0 Å². The molecule has 1 aliphatic carbocycles. The van der Waals surface area contributed by atoms with Crippen molar-refractivity contribution < 1.29 is 9.72 Å². The van der Waals surface area contributed by atoms with Gasteiger partial charge in [-0.1, -0.05) is 0 Å². The Kier molecular flexibility index (Phi) is 2.93. The number of nitro groups is 1. The maximum absolute atomic E-state index is 12.1. The van der Waals surface area contributed by atoms with E-state index in [2.05, 4.69) is 20.5 Å². The first kappa shape index (κ1) is 12.3. The Morgan fingerprint density at radius 2 is 2.40 bits per heavy atom. The molecular weight excluding hydrogens is 264 g/mol. The van der Waals surface area contributed by atoms with Gasteiger partial charge in [0.25, 0.3) is 11.6 Å². The van der Waals surface area contributed by atoms with Gasteiger partial charge in [0.15, 0.2) is 0 Å². The van der Waals surface area contributed by atoms with Gasteiger partial charge in [-0.25, -0.2) is 4.98 Å². The second-order valence-electron chi connectivity index (χ2n) is 4.59. The van der Waals surface area contributed by atoms with Gasteiger partial charge in [-0.3, -0.25) is 20.0 Å². The molecule has 2 aromatic rings. The van der Waals surface area contributed by atoms with Crippen LogP contribution >= 0.6 is 0 Å². The molecule has 9 nitrogen and oxygen atoms in total. The molecule has 1 saturated carbocycles. The molecule has 0 unspecified atom stereocenters. The fourth-order valence-electron chi connectivity index (χ4n) is 1.97. The van der Waals surface area contributed by atoms with Crippen LogP contribution in [0.3, 0.4) is 0 Å². The zero-order valence-corrected chi connectivity index (χ0v) is 10.4. The summed E-state index contributed by atoms with van der Waals surface area (Å²) in [4.78, 5) is 26.3. The third-order valence-electron chi connectivity index (χ3n) is 3.10. The molecule has 2 heterocycles. The van der Waals surface area contributed by atoms with E-state index in [1.165, 1.54) is 18.6 Å². The van der Waals surface area contributed by atoms with Gasteiger partial charge in [0, 0.05) is 12.1 Å². The van der Waals surface area contributed by atoms with Crippen molar-refractivity contribution in [1.82, 2.24) is 25.1 Å². The van der Waals surface area contributed by atoms with Crippen molar-refractivity contribution >= 4 is 11.6 Å². The summed E-state index contributed by atoms with van der Waals surface area (Å²) in [6.45, 7) is 0.197. The van der Waals surface area contributed by atoms with E-state index in [0.717, 1.165) is 12.8 Å². The maximum atomic E-state index is 12.1. The summed E-state index contributed by atoms with van der Waals surface area (Å²) < 4.78 is 1.67. The van der Waals surface area contributed by atoms with E-state index in [1.54, 1.807) is 4.57 Å². The Labute approximate surface area is 113 Å². The smallest absolute Gasteiger partial charge is 0.287 e. The maximum Gasteiger partial charge on any atom is 0.287 e. The fourth-order valence-corrected chi connectivity index (χ4v) is 1.97. The van der Waals surface area contributed by atoms with Crippen LogP contribution in [-0.2, 0) is 6.54 Å². The first-order valence-electron chi connectivity index (χ1n) is 6.14. The molecule has 0 bridgehead atoms. The number of hydrogen-bond donors (Lipinski definition) is 2. The summed E-state index contributed by atoms with van der Waals surface area (Å²) in [5.74, 6) is 0.166. The van der Waals surface area contributed by atoms with Gasteiger partial charge in [-0.05, 0) is 12.8 Å². The number of nitrogens with zero attached hydrogens (tertiary/aromatic N) is 4. The highest BCUT2D eigenvalue weighted by molar-refractivity contribution is 5.93. The average molecular weight is 276 g/mol. The molecule has 9 heteroatoms. The normalized spacial score (nSPS) is 14.2.